The van der Waals surface area contributed by atoms with Gasteiger partial charge in [0.15, 0.2) is 0 Å². The van der Waals surface area contributed by atoms with Gasteiger partial charge in [0.2, 0.25) is 0 Å². The molecule has 0 aliphatic heterocycles. The number of hydrogen-bond acceptors (Lipinski definition) is 1. The molecule has 78 valence electrons. The van der Waals surface area contributed by atoms with E-state index in [0.717, 1.165) is 19.3 Å². The fourth-order valence-corrected chi connectivity index (χ4v) is 3.30. The van der Waals surface area contributed by atoms with Gasteiger partial charge in [-0.3, -0.25) is 4.79 Å². The van der Waals surface area contributed by atoms with Gasteiger partial charge in [0.25, 0.3) is 0 Å². The predicted molar refractivity (Wildman–Crippen MR) is 58.0 cm³/mol. The van der Waals surface area contributed by atoms with Crippen LogP contribution < -0.4 is 0 Å². The van der Waals surface area contributed by atoms with Crippen LogP contribution in [0.5, 0.6) is 0 Å². The van der Waals surface area contributed by atoms with Crippen LogP contribution in [0.25, 0.3) is 0 Å². The van der Waals surface area contributed by atoms with Crippen LogP contribution in [0.3, 0.4) is 0 Å². The molecule has 1 fully saturated rings. The lowest BCUT2D eigenvalue weighted by molar-refractivity contribution is -0.153. The summed E-state index contributed by atoms with van der Waals surface area (Å²) in [6.45, 7) is 4.38. The summed E-state index contributed by atoms with van der Waals surface area (Å²) < 4.78 is 0. The zero-order chi connectivity index (χ0) is 10.2. The number of Topliss-reactive ketones (excluding diaryl/α,β-unsaturated/α-hetero) is 1. The standard InChI is InChI=1S/C13H20O/c1-3-5-9-13(4-2)11-8-6-7-10(11)12(13)14/h6,8,10-11H,3-5,7,9H2,1-2H3. The van der Waals surface area contributed by atoms with Gasteiger partial charge in [0, 0.05) is 11.3 Å². The summed E-state index contributed by atoms with van der Waals surface area (Å²) in [5.74, 6) is 1.52. The highest BCUT2D eigenvalue weighted by molar-refractivity contribution is 5.95. The van der Waals surface area contributed by atoms with Gasteiger partial charge >= 0.3 is 0 Å². The van der Waals surface area contributed by atoms with Gasteiger partial charge in [-0.05, 0) is 25.2 Å². The van der Waals surface area contributed by atoms with E-state index in [-0.39, 0.29) is 5.41 Å². The summed E-state index contributed by atoms with van der Waals surface area (Å²) in [5.41, 5.74) is 0.0493. The molecule has 0 amide bonds. The lowest BCUT2D eigenvalue weighted by Crippen LogP contribution is -2.55. The van der Waals surface area contributed by atoms with E-state index in [4.69, 9.17) is 0 Å². The minimum absolute atomic E-state index is 0.0493. The minimum Gasteiger partial charge on any atom is -0.299 e. The van der Waals surface area contributed by atoms with E-state index in [1.54, 1.807) is 0 Å². The highest BCUT2D eigenvalue weighted by Crippen LogP contribution is 2.57. The molecule has 0 aromatic heterocycles. The number of carbonyl (C=O) groups is 1. The maximum atomic E-state index is 12.1. The molecule has 0 bridgehead atoms. The quantitative estimate of drug-likeness (QED) is 0.624. The Morgan fingerprint density at radius 1 is 1.50 bits per heavy atom. The predicted octanol–water partition coefficient (Wildman–Crippen LogP) is 3.35. The molecule has 0 saturated heterocycles. The molecule has 0 heterocycles. The van der Waals surface area contributed by atoms with Crippen molar-refractivity contribution in [2.45, 2.75) is 46.0 Å². The number of allylic oxidation sites excluding steroid dienone is 2. The molecule has 1 heteroatoms. The molecule has 14 heavy (non-hydrogen) atoms. The summed E-state index contributed by atoms with van der Waals surface area (Å²) in [6.07, 6.45) is 10.1. The molecular formula is C13H20O. The number of unbranched alkanes of at least 4 members (excludes halogenated alkanes) is 1. The lowest BCUT2D eigenvalue weighted by atomic mass is 9.51. The van der Waals surface area contributed by atoms with Crippen LogP contribution in [0, 0.1) is 17.3 Å². The number of rotatable bonds is 4. The maximum Gasteiger partial charge on any atom is 0.143 e. The van der Waals surface area contributed by atoms with Crippen LogP contribution in [0.4, 0.5) is 0 Å². The molecule has 1 nitrogen and oxygen atoms in total. The Labute approximate surface area is 86.6 Å². The summed E-state index contributed by atoms with van der Waals surface area (Å²) in [4.78, 5) is 12.1. The van der Waals surface area contributed by atoms with E-state index in [2.05, 4.69) is 26.0 Å². The first kappa shape index (κ1) is 9.95. The Kier molecular flexibility index (Phi) is 2.50. The smallest absolute Gasteiger partial charge is 0.143 e. The molecule has 1 saturated carbocycles. The third-order valence-electron chi connectivity index (χ3n) is 4.24. The summed E-state index contributed by atoms with van der Waals surface area (Å²) >= 11 is 0. The van der Waals surface area contributed by atoms with Gasteiger partial charge in [-0.25, -0.2) is 0 Å². The fraction of sp³-hybridized carbons (Fsp3) is 0.769. The van der Waals surface area contributed by atoms with Crippen molar-refractivity contribution in [1.82, 2.24) is 0 Å². The average Bonchev–Trinajstić information content (AvgIpc) is 2.65. The van der Waals surface area contributed by atoms with Crippen molar-refractivity contribution in [2.24, 2.45) is 17.3 Å². The second-order valence-electron chi connectivity index (χ2n) is 4.77. The Morgan fingerprint density at radius 2 is 2.29 bits per heavy atom. The second kappa shape index (κ2) is 3.52. The number of ketones is 1. The first-order valence-electron chi connectivity index (χ1n) is 5.97. The van der Waals surface area contributed by atoms with Crippen molar-refractivity contribution in [3.8, 4) is 0 Å². The van der Waals surface area contributed by atoms with Crippen LogP contribution in [-0.4, -0.2) is 5.78 Å². The molecule has 0 spiro atoms. The lowest BCUT2D eigenvalue weighted by Gasteiger charge is -2.50. The summed E-state index contributed by atoms with van der Waals surface area (Å²) in [6, 6.07) is 0. The van der Waals surface area contributed by atoms with Crippen molar-refractivity contribution in [2.75, 3.05) is 0 Å². The number of carbonyl (C=O) groups excluding carboxylic acids is 1. The van der Waals surface area contributed by atoms with Gasteiger partial charge in [0.05, 0.1) is 0 Å². The first-order valence-corrected chi connectivity index (χ1v) is 5.97. The maximum absolute atomic E-state index is 12.1. The zero-order valence-electron chi connectivity index (χ0n) is 9.25. The van der Waals surface area contributed by atoms with E-state index in [1.165, 1.54) is 12.8 Å². The monoisotopic (exact) mass is 192 g/mol. The highest BCUT2D eigenvalue weighted by atomic mass is 16.1. The largest absolute Gasteiger partial charge is 0.299 e. The van der Waals surface area contributed by atoms with Crippen molar-refractivity contribution in [1.29, 1.82) is 0 Å². The average molecular weight is 192 g/mol. The molecule has 2 rings (SSSR count). The zero-order valence-corrected chi connectivity index (χ0v) is 9.25. The van der Waals surface area contributed by atoms with E-state index in [0.29, 0.717) is 17.6 Å². The van der Waals surface area contributed by atoms with E-state index in [1.807, 2.05) is 0 Å². The van der Waals surface area contributed by atoms with E-state index in [9.17, 15) is 4.79 Å². The third-order valence-corrected chi connectivity index (χ3v) is 4.24. The van der Waals surface area contributed by atoms with Gasteiger partial charge in [-0.1, -0.05) is 38.8 Å². The summed E-state index contributed by atoms with van der Waals surface area (Å²) in [7, 11) is 0. The highest BCUT2D eigenvalue weighted by Gasteiger charge is 2.59. The van der Waals surface area contributed by atoms with Crippen LogP contribution in [0.1, 0.15) is 46.0 Å². The molecule has 3 unspecified atom stereocenters. The van der Waals surface area contributed by atoms with Crippen LogP contribution >= 0.6 is 0 Å². The van der Waals surface area contributed by atoms with E-state index < -0.39 is 0 Å². The van der Waals surface area contributed by atoms with Crippen molar-refractivity contribution < 1.29 is 4.79 Å². The van der Waals surface area contributed by atoms with Gasteiger partial charge < -0.3 is 0 Å². The minimum atomic E-state index is 0.0493. The van der Waals surface area contributed by atoms with E-state index >= 15 is 0 Å². The molecule has 0 N–H and O–H groups in total. The van der Waals surface area contributed by atoms with Gasteiger partial charge in [-0.15, -0.1) is 0 Å². The van der Waals surface area contributed by atoms with Crippen molar-refractivity contribution in [3.05, 3.63) is 12.2 Å². The Hall–Kier alpha value is -0.590. The first-order chi connectivity index (χ1) is 6.76. The van der Waals surface area contributed by atoms with Crippen LogP contribution in [0.2, 0.25) is 0 Å². The normalized spacial score (nSPS) is 39.7. The molecule has 2 aliphatic rings. The number of hydrogen-bond donors (Lipinski definition) is 0. The second-order valence-corrected chi connectivity index (χ2v) is 4.77. The van der Waals surface area contributed by atoms with Gasteiger partial charge in [-0.2, -0.15) is 0 Å². The Morgan fingerprint density at radius 3 is 2.93 bits per heavy atom. The fourth-order valence-electron chi connectivity index (χ4n) is 3.30. The van der Waals surface area contributed by atoms with Crippen LogP contribution in [-0.2, 0) is 4.79 Å². The summed E-state index contributed by atoms with van der Waals surface area (Å²) in [5, 5.41) is 0. The topological polar surface area (TPSA) is 17.1 Å². The molecule has 0 radical (unpaired) electrons. The molecule has 3 atom stereocenters. The molecule has 0 aromatic carbocycles. The molecule has 2 aliphatic carbocycles. The van der Waals surface area contributed by atoms with Crippen molar-refractivity contribution in [3.63, 3.8) is 0 Å². The number of fused-ring (bicyclic) bond motifs is 1. The third kappa shape index (κ3) is 1.11. The molecule has 0 aromatic rings. The van der Waals surface area contributed by atoms with Crippen molar-refractivity contribution >= 4 is 5.78 Å². The van der Waals surface area contributed by atoms with Gasteiger partial charge in [0.1, 0.15) is 5.78 Å². The Balaban J connectivity index is 2.11. The van der Waals surface area contributed by atoms with Crippen LogP contribution in [0.15, 0.2) is 12.2 Å². The Bertz CT molecular complexity index is 266. The molecular weight excluding hydrogens is 172 g/mol. The SMILES string of the molecule is CCCCC1(CC)C(=O)C2CC=CC21.